The molecular weight excluding hydrogens is 526 g/mol. The molecule has 0 radical (unpaired) electrons. The third kappa shape index (κ3) is 9.42. The number of rotatable bonds is 13. The van der Waals surface area contributed by atoms with Crippen LogP contribution in [0.3, 0.4) is 0 Å². The second kappa shape index (κ2) is 14.4. The summed E-state index contributed by atoms with van der Waals surface area (Å²) in [5.74, 6) is 0.538. The summed E-state index contributed by atoms with van der Waals surface area (Å²) in [6, 6.07) is 17.8. The first-order chi connectivity index (χ1) is 19.5. The summed E-state index contributed by atoms with van der Waals surface area (Å²) in [6.45, 7) is 7.68. The number of hydrogen-bond acceptors (Lipinski definition) is 7. The number of aryl methyl sites for hydroxylation is 1. The molecule has 0 saturated carbocycles. The Hall–Kier alpha value is -4.24. The van der Waals surface area contributed by atoms with E-state index in [1.807, 2.05) is 67.6 Å². The summed E-state index contributed by atoms with van der Waals surface area (Å²) >= 11 is 0. The molecule has 3 aromatic carbocycles. The molecule has 0 aliphatic carbocycles. The van der Waals surface area contributed by atoms with Gasteiger partial charge >= 0.3 is 12.1 Å². The van der Waals surface area contributed by atoms with E-state index in [1.165, 1.54) is 0 Å². The van der Waals surface area contributed by atoms with Crippen molar-refractivity contribution in [2.45, 2.75) is 65.6 Å². The molecule has 220 valence electrons. The van der Waals surface area contributed by atoms with Crippen LogP contribution in [-0.4, -0.2) is 43.0 Å². The molecule has 0 fully saturated rings. The van der Waals surface area contributed by atoms with Crippen LogP contribution >= 0.6 is 0 Å². The van der Waals surface area contributed by atoms with Gasteiger partial charge in [0.1, 0.15) is 24.0 Å². The lowest BCUT2D eigenvalue weighted by Gasteiger charge is -2.24. The van der Waals surface area contributed by atoms with Crippen molar-refractivity contribution in [2.75, 3.05) is 14.2 Å². The van der Waals surface area contributed by atoms with Gasteiger partial charge in [0.25, 0.3) is 0 Å². The molecule has 0 aliphatic heterocycles. The fourth-order valence-electron chi connectivity index (χ4n) is 4.21. The minimum atomic E-state index is -1.25. The lowest BCUT2D eigenvalue weighted by molar-refractivity contribution is -0.139. The zero-order chi connectivity index (χ0) is 30.0. The van der Waals surface area contributed by atoms with Crippen molar-refractivity contribution in [3.63, 3.8) is 0 Å². The van der Waals surface area contributed by atoms with E-state index >= 15 is 0 Å². The van der Waals surface area contributed by atoms with Gasteiger partial charge in [-0.05, 0) is 62.1 Å². The highest BCUT2D eigenvalue weighted by atomic mass is 16.6. The molecule has 41 heavy (non-hydrogen) atoms. The van der Waals surface area contributed by atoms with Crippen molar-refractivity contribution >= 4 is 12.1 Å². The number of nitrogens with one attached hydrogen (secondary N) is 1. The van der Waals surface area contributed by atoms with Crippen molar-refractivity contribution in [1.29, 1.82) is 0 Å². The van der Waals surface area contributed by atoms with Gasteiger partial charge in [0.15, 0.2) is 11.5 Å². The molecule has 1 amide bonds. The number of alkyl carbamates (subject to hydrolysis) is 1. The predicted molar refractivity (Wildman–Crippen MR) is 154 cm³/mol. The van der Waals surface area contributed by atoms with Crippen molar-refractivity contribution in [3.8, 4) is 17.2 Å². The molecule has 2 N–H and O–H groups in total. The highest BCUT2D eigenvalue weighted by Crippen LogP contribution is 2.39. The van der Waals surface area contributed by atoms with E-state index in [2.05, 4.69) is 5.32 Å². The van der Waals surface area contributed by atoms with Crippen LogP contribution in [0.5, 0.6) is 17.2 Å². The van der Waals surface area contributed by atoms with Gasteiger partial charge in [-0.2, -0.15) is 0 Å². The minimum Gasteiger partial charge on any atom is -0.497 e. The SMILES string of the molecule is COc1ccc(COCc2c(CC(NC(=O)OC(C)(C)C)C(=O)O)cc(C)c(OC)c2OCc2ccccc2)cc1. The second-order valence-electron chi connectivity index (χ2n) is 10.5. The molecule has 0 aromatic heterocycles. The van der Waals surface area contributed by atoms with Crippen LogP contribution in [-0.2, 0) is 40.5 Å². The van der Waals surface area contributed by atoms with Crippen molar-refractivity contribution < 1.29 is 38.4 Å². The van der Waals surface area contributed by atoms with Gasteiger partial charge in [0.05, 0.1) is 27.4 Å². The second-order valence-corrected chi connectivity index (χ2v) is 10.5. The maximum atomic E-state index is 12.4. The average Bonchev–Trinajstić information content (AvgIpc) is 2.92. The molecule has 3 aromatic rings. The number of hydrogen-bond donors (Lipinski definition) is 2. The number of amides is 1. The van der Waals surface area contributed by atoms with E-state index in [-0.39, 0.29) is 19.6 Å². The Labute approximate surface area is 241 Å². The fraction of sp³-hybridized carbons (Fsp3) is 0.375. The van der Waals surface area contributed by atoms with Crippen molar-refractivity contribution in [3.05, 3.63) is 88.5 Å². The van der Waals surface area contributed by atoms with E-state index in [0.29, 0.717) is 29.2 Å². The van der Waals surface area contributed by atoms with Crippen LogP contribution in [0, 0.1) is 6.92 Å². The van der Waals surface area contributed by atoms with Crippen molar-refractivity contribution in [1.82, 2.24) is 5.32 Å². The highest BCUT2D eigenvalue weighted by molar-refractivity contribution is 5.80. The van der Waals surface area contributed by atoms with Crippen LogP contribution in [0.15, 0.2) is 60.7 Å². The van der Waals surface area contributed by atoms with Gasteiger partial charge in [-0.3, -0.25) is 0 Å². The van der Waals surface area contributed by atoms with E-state index in [1.54, 1.807) is 35.0 Å². The smallest absolute Gasteiger partial charge is 0.408 e. The quantitative estimate of drug-likeness (QED) is 0.266. The molecule has 0 aliphatic rings. The molecule has 3 rings (SSSR count). The Morgan fingerprint density at radius 2 is 1.54 bits per heavy atom. The van der Waals surface area contributed by atoms with Crippen molar-refractivity contribution in [2.24, 2.45) is 0 Å². The van der Waals surface area contributed by atoms with Crippen LogP contribution in [0.4, 0.5) is 4.79 Å². The fourth-order valence-corrected chi connectivity index (χ4v) is 4.21. The number of methoxy groups -OCH3 is 2. The maximum absolute atomic E-state index is 12.4. The zero-order valence-corrected chi connectivity index (χ0v) is 24.5. The lowest BCUT2D eigenvalue weighted by atomic mass is 9.96. The first-order valence-corrected chi connectivity index (χ1v) is 13.3. The molecule has 0 saturated heterocycles. The summed E-state index contributed by atoms with van der Waals surface area (Å²) in [6.07, 6.45) is -0.838. The summed E-state index contributed by atoms with van der Waals surface area (Å²) in [5, 5.41) is 12.4. The number of carbonyl (C=O) groups is 2. The molecule has 9 nitrogen and oxygen atoms in total. The summed E-state index contributed by atoms with van der Waals surface area (Å²) < 4.78 is 28.7. The summed E-state index contributed by atoms with van der Waals surface area (Å²) in [7, 11) is 3.17. The lowest BCUT2D eigenvalue weighted by Crippen LogP contribution is -2.44. The number of carboxylic acid groups (broad SMARTS) is 1. The monoisotopic (exact) mass is 565 g/mol. The van der Waals surface area contributed by atoms with E-state index in [4.69, 9.17) is 23.7 Å². The number of ether oxygens (including phenoxy) is 5. The molecule has 0 heterocycles. The third-order valence-electron chi connectivity index (χ3n) is 6.13. The Bertz CT molecular complexity index is 1300. The number of carbonyl (C=O) groups excluding carboxylic acids is 1. The Morgan fingerprint density at radius 1 is 0.878 bits per heavy atom. The summed E-state index contributed by atoms with van der Waals surface area (Å²) in [4.78, 5) is 24.6. The summed E-state index contributed by atoms with van der Waals surface area (Å²) in [5.41, 5.74) is 3.15. The molecule has 0 spiro atoms. The van der Waals surface area contributed by atoms with Gasteiger partial charge in [0.2, 0.25) is 0 Å². The van der Waals surface area contributed by atoms with Gasteiger partial charge < -0.3 is 34.1 Å². The van der Waals surface area contributed by atoms with E-state index in [0.717, 1.165) is 22.4 Å². The first kappa shape index (κ1) is 31.3. The normalized spacial score (nSPS) is 11.9. The Kier molecular flexibility index (Phi) is 11.0. The first-order valence-electron chi connectivity index (χ1n) is 13.3. The predicted octanol–water partition coefficient (Wildman–Crippen LogP) is 5.83. The minimum absolute atomic E-state index is 0.0255. The van der Waals surface area contributed by atoms with Crippen LogP contribution in [0.1, 0.15) is 48.6 Å². The highest BCUT2D eigenvalue weighted by Gasteiger charge is 2.27. The average molecular weight is 566 g/mol. The largest absolute Gasteiger partial charge is 0.497 e. The standard InChI is InChI=1S/C32H39NO8/c1-21-16-24(17-27(30(34)35)33-31(36)41-32(2,3)4)26(20-39-18-23-12-14-25(37-5)15-13-23)29(28(21)38-6)40-19-22-10-8-7-9-11-22/h7-16,27H,17-20H2,1-6H3,(H,33,36)(H,34,35). The molecule has 1 atom stereocenters. The van der Waals surface area contributed by atoms with Crippen LogP contribution in [0.2, 0.25) is 0 Å². The number of carboxylic acids is 1. The maximum Gasteiger partial charge on any atom is 0.408 e. The number of aliphatic carboxylic acids is 1. The molecular formula is C32H39NO8. The molecule has 1 unspecified atom stereocenters. The molecule has 0 bridgehead atoms. The topological polar surface area (TPSA) is 113 Å². The van der Waals surface area contributed by atoms with Gasteiger partial charge in [-0.1, -0.05) is 48.5 Å². The van der Waals surface area contributed by atoms with E-state index in [9.17, 15) is 14.7 Å². The molecule has 9 heteroatoms. The third-order valence-corrected chi connectivity index (χ3v) is 6.13. The van der Waals surface area contributed by atoms with Gasteiger partial charge in [0, 0.05) is 12.0 Å². The Morgan fingerprint density at radius 3 is 2.12 bits per heavy atom. The number of benzene rings is 3. The zero-order valence-electron chi connectivity index (χ0n) is 24.5. The van der Waals surface area contributed by atoms with Gasteiger partial charge in [-0.15, -0.1) is 0 Å². The van der Waals surface area contributed by atoms with Gasteiger partial charge in [-0.25, -0.2) is 9.59 Å². The van der Waals surface area contributed by atoms with Crippen LogP contribution in [0.25, 0.3) is 0 Å². The van der Waals surface area contributed by atoms with Crippen LogP contribution < -0.4 is 19.5 Å². The van der Waals surface area contributed by atoms with E-state index < -0.39 is 23.7 Å². The Balaban J connectivity index is 1.95.